The van der Waals surface area contributed by atoms with Crippen molar-refractivity contribution < 1.29 is 17.6 Å². The molecule has 1 unspecified atom stereocenters. The minimum absolute atomic E-state index is 0.0926. The second-order valence-corrected chi connectivity index (χ2v) is 9.83. The topological polar surface area (TPSA) is 78.5 Å². The molecule has 6 nitrogen and oxygen atoms in total. The van der Waals surface area contributed by atoms with Crippen molar-refractivity contribution in [3.05, 3.63) is 58.9 Å². The lowest BCUT2D eigenvalue weighted by molar-refractivity contribution is 0.0949. The average molecular weight is 468 g/mol. The third kappa shape index (κ3) is 6.41. The Kier molecular flexibility index (Phi) is 7.91. The van der Waals surface area contributed by atoms with Gasteiger partial charge in [0.2, 0.25) is 0 Å². The van der Waals surface area contributed by atoms with Crippen LogP contribution in [0, 0.1) is 5.82 Å². The summed E-state index contributed by atoms with van der Waals surface area (Å²) in [6.45, 7) is 4.69. The summed E-state index contributed by atoms with van der Waals surface area (Å²) < 4.78 is 40.7. The molecule has 2 aromatic carbocycles. The summed E-state index contributed by atoms with van der Waals surface area (Å²) in [4.78, 5) is 14.9. The van der Waals surface area contributed by atoms with E-state index in [-0.39, 0.29) is 21.2 Å². The molecule has 1 aliphatic heterocycles. The van der Waals surface area contributed by atoms with Crippen LogP contribution in [-0.2, 0) is 10.0 Å². The summed E-state index contributed by atoms with van der Waals surface area (Å²) in [6, 6.07) is 9.46. The zero-order chi connectivity index (χ0) is 22.4. The number of amides is 1. The quantitative estimate of drug-likeness (QED) is 0.568. The van der Waals surface area contributed by atoms with Crippen molar-refractivity contribution in [3.8, 4) is 0 Å². The maximum atomic E-state index is 13.0. The number of carbonyl (C=O) groups is 1. The SMILES string of the molecule is CC1CCCCN1CCCNC(=O)c1cc(S(=O)(=O)Nc2ccc(F)cc2)ccc1Cl. The van der Waals surface area contributed by atoms with Crippen LogP contribution >= 0.6 is 11.6 Å². The van der Waals surface area contributed by atoms with Crippen LogP contribution in [-0.4, -0.2) is 44.9 Å². The first-order chi connectivity index (χ1) is 14.8. The molecule has 2 N–H and O–H groups in total. The Balaban J connectivity index is 1.61. The van der Waals surface area contributed by atoms with E-state index in [1.54, 1.807) is 0 Å². The number of hydrogen-bond acceptors (Lipinski definition) is 4. The minimum Gasteiger partial charge on any atom is -0.352 e. The van der Waals surface area contributed by atoms with Crippen LogP contribution in [0.25, 0.3) is 0 Å². The molecule has 0 spiro atoms. The summed E-state index contributed by atoms with van der Waals surface area (Å²) in [6.07, 6.45) is 4.48. The molecule has 1 fully saturated rings. The summed E-state index contributed by atoms with van der Waals surface area (Å²) in [5, 5.41) is 2.99. The lowest BCUT2D eigenvalue weighted by Gasteiger charge is -2.33. The van der Waals surface area contributed by atoms with Gasteiger partial charge in [0.25, 0.3) is 15.9 Å². The smallest absolute Gasteiger partial charge is 0.261 e. The van der Waals surface area contributed by atoms with Crippen LogP contribution in [0.2, 0.25) is 5.02 Å². The van der Waals surface area contributed by atoms with Crippen LogP contribution in [0.5, 0.6) is 0 Å². The number of rotatable bonds is 8. The number of benzene rings is 2. The predicted octanol–water partition coefficient (Wildman–Crippen LogP) is 4.27. The van der Waals surface area contributed by atoms with Gasteiger partial charge >= 0.3 is 0 Å². The molecular weight excluding hydrogens is 441 g/mol. The van der Waals surface area contributed by atoms with Gasteiger partial charge in [-0.1, -0.05) is 18.0 Å². The first-order valence-electron chi connectivity index (χ1n) is 10.4. The highest BCUT2D eigenvalue weighted by Gasteiger charge is 2.20. The molecule has 0 bridgehead atoms. The maximum absolute atomic E-state index is 13.0. The molecule has 1 aliphatic rings. The first-order valence-corrected chi connectivity index (χ1v) is 12.2. The molecule has 3 rings (SSSR count). The molecule has 0 saturated carbocycles. The monoisotopic (exact) mass is 467 g/mol. The number of piperidine rings is 1. The fourth-order valence-corrected chi connectivity index (χ4v) is 4.93. The molecule has 0 aromatic heterocycles. The lowest BCUT2D eigenvalue weighted by Crippen LogP contribution is -2.39. The molecule has 1 heterocycles. The summed E-state index contributed by atoms with van der Waals surface area (Å²) in [5.41, 5.74) is 0.310. The lowest BCUT2D eigenvalue weighted by atomic mass is 10.0. The third-order valence-electron chi connectivity index (χ3n) is 5.44. The van der Waals surface area contributed by atoms with E-state index in [4.69, 9.17) is 11.6 Å². The van der Waals surface area contributed by atoms with Crippen molar-refractivity contribution in [2.45, 2.75) is 43.5 Å². The van der Waals surface area contributed by atoms with E-state index in [1.165, 1.54) is 49.6 Å². The second-order valence-electron chi connectivity index (χ2n) is 7.74. The van der Waals surface area contributed by atoms with E-state index < -0.39 is 21.7 Å². The number of sulfonamides is 1. The zero-order valence-electron chi connectivity index (χ0n) is 17.4. The molecule has 0 aliphatic carbocycles. The fraction of sp³-hybridized carbons (Fsp3) is 0.409. The number of likely N-dealkylation sites (tertiary alicyclic amines) is 1. The summed E-state index contributed by atoms with van der Waals surface area (Å²) in [5.74, 6) is -0.890. The van der Waals surface area contributed by atoms with Crippen molar-refractivity contribution in [2.75, 3.05) is 24.4 Å². The van der Waals surface area contributed by atoms with Crippen molar-refractivity contribution in [1.29, 1.82) is 0 Å². The second kappa shape index (κ2) is 10.4. The molecule has 1 saturated heterocycles. The third-order valence-corrected chi connectivity index (χ3v) is 7.15. The predicted molar refractivity (Wildman–Crippen MR) is 120 cm³/mol. The Morgan fingerprint density at radius 2 is 1.94 bits per heavy atom. The van der Waals surface area contributed by atoms with Gasteiger partial charge in [0.05, 0.1) is 15.5 Å². The number of anilines is 1. The molecule has 31 heavy (non-hydrogen) atoms. The van der Waals surface area contributed by atoms with Gasteiger partial charge in [0.15, 0.2) is 0 Å². The first kappa shape index (κ1) is 23.5. The zero-order valence-corrected chi connectivity index (χ0v) is 19.0. The number of halogens is 2. The van der Waals surface area contributed by atoms with E-state index >= 15 is 0 Å². The minimum atomic E-state index is -3.96. The molecule has 1 atom stereocenters. The standard InChI is InChI=1S/C22H27ClFN3O3S/c1-16-5-2-3-13-27(16)14-4-12-25-22(28)20-15-19(10-11-21(20)23)31(29,30)26-18-8-6-17(24)7-9-18/h6-11,15-16,26H,2-5,12-14H2,1H3,(H,25,28). The van der Waals surface area contributed by atoms with E-state index in [2.05, 4.69) is 21.9 Å². The van der Waals surface area contributed by atoms with Gasteiger partial charge < -0.3 is 10.2 Å². The average Bonchev–Trinajstić information content (AvgIpc) is 2.74. The van der Waals surface area contributed by atoms with Gasteiger partial charge in [-0.2, -0.15) is 0 Å². The van der Waals surface area contributed by atoms with Crippen molar-refractivity contribution in [2.24, 2.45) is 0 Å². The Morgan fingerprint density at radius 1 is 1.19 bits per heavy atom. The van der Waals surface area contributed by atoms with Crippen LogP contribution in [0.1, 0.15) is 43.0 Å². The highest BCUT2D eigenvalue weighted by atomic mass is 35.5. The summed E-state index contributed by atoms with van der Waals surface area (Å²) in [7, 11) is -3.96. The molecule has 1 amide bonds. The molecule has 0 radical (unpaired) electrons. The van der Waals surface area contributed by atoms with Crippen LogP contribution in [0.3, 0.4) is 0 Å². The number of carbonyl (C=O) groups excluding carboxylic acids is 1. The normalized spacial score (nSPS) is 17.3. The van der Waals surface area contributed by atoms with E-state index in [1.807, 2.05) is 0 Å². The van der Waals surface area contributed by atoms with E-state index in [9.17, 15) is 17.6 Å². The van der Waals surface area contributed by atoms with Crippen molar-refractivity contribution >= 4 is 33.2 Å². The Morgan fingerprint density at radius 3 is 2.65 bits per heavy atom. The van der Waals surface area contributed by atoms with E-state index in [0.717, 1.165) is 31.6 Å². The summed E-state index contributed by atoms with van der Waals surface area (Å²) >= 11 is 6.15. The Hall–Kier alpha value is -2.16. The van der Waals surface area contributed by atoms with Crippen LogP contribution < -0.4 is 10.0 Å². The Bertz CT molecular complexity index is 1020. The van der Waals surface area contributed by atoms with Gasteiger partial charge in [-0.15, -0.1) is 0 Å². The van der Waals surface area contributed by atoms with Gasteiger partial charge in [0.1, 0.15) is 5.82 Å². The maximum Gasteiger partial charge on any atom is 0.261 e. The largest absolute Gasteiger partial charge is 0.352 e. The van der Waals surface area contributed by atoms with Gasteiger partial charge in [0, 0.05) is 24.8 Å². The highest BCUT2D eigenvalue weighted by molar-refractivity contribution is 7.92. The molecular formula is C22H27ClFN3O3S. The number of hydrogen-bond donors (Lipinski definition) is 2. The van der Waals surface area contributed by atoms with E-state index in [0.29, 0.717) is 12.6 Å². The molecule has 168 valence electrons. The van der Waals surface area contributed by atoms with Gasteiger partial charge in [-0.25, -0.2) is 12.8 Å². The van der Waals surface area contributed by atoms with Gasteiger partial charge in [-0.05, 0) is 75.2 Å². The molecule has 2 aromatic rings. The highest BCUT2D eigenvalue weighted by Crippen LogP contribution is 2.23. The van der Waals surface area contributed by atoms with Crippen LogP contribution in [0.15, 0.2) is 47.4 Å². The van der Waals surface area contributed by atoms with Crippen molar-refractivity contribution in [3.63, 3.8) is 0 Å². The van der Waals surface area contributed by atoms with Gasteiger partial charge in [-0.3, -0.25) is 9.52 Å². The Labute approximate surface area is 187 Å². The number of nitrogens with one attached hydrogen (secondary N) is 2. The van der Waals surface area contributed by atoms with Crippen LogP contribution in [0.4, 0.5) is 10.1 Å². The fourth-order valence-electron chi connectivity index (χ4n) is 3.65. The molecule has 9 heteroatoms. The van der Waals surface area contributed by atoms with Crippen molar-refractivity contribution in [1.82, 2.24) is 10.2 Å². The number of nitrogens with zero attached hydrogens (tertiary/aromatic N) is 1.